The Morgan fingerprint density at radius 3 is 2.81 bits per heavy atom. The van der Waals surface area contributed by atoms with Gasteiger partial charge < -0.3 is 19.5 Å². The van der Waals surface area contributed by atoms with Gasteiger partial charge in [0.1, 0.15) is 5.69 Å². The topological polar surface area (TPSA) is 97.5 Å². The van der Waals surface area contributed by atoms with Crippen molar-refractivity contribution in [3.63, 3.8) is 0 Å². The van der Waals surface area contributed by atoms with Crippen LogP contribution in [0.2, 0.25) is 0 Å². The van der Waals surface area contributed by atoms with Crippen LogP contribution < -0.4 is 0 Å². The third-order valence-corrected chi connectivity index (χ3v) is 3.21. The van der Waals surface area contributed by atoms with Crippen LogP contribution in [0.15, 0.2) is 36.8 Å². The predicted octanol–water partition coefficient (Wildman–Crippen LogP) is 0.968. The first kappa shape index (κ1) is 15.1. The molecule has 0 spiro atoms. The first-order chi connectivity index (χ1) is 10.3. The number of ether oxygens (including phenoxy) is 1. The highest BCUT2D eigenvalue weighted by molar-refractivity contribution is 5.49. The molecule has 1 saturated heterocycles. The van der Waals surface area contributed by atoms with Gasteiger partial charge in [0.2, 0.25) is 0 Å². The van der Waals surface area contributed by atoms with Crippen LogP contribution in [-0.2, 0) is 9.53 Å². The van der Waals surface area contributed by atoms with E-state index in [0.29, 0.717) is 13.2 Å². The van der Waals surface area contributed by atoms with Gasteiger partial charge in [0.25, 0.3) is 6.47 Å². The maximum absolute atomic E-state index is 10.0. The van der Waals surface area contributed by atoms with Crippen molar-refractivity contribution < 1.29 is 19.7 Å². The van der Waals surface area contributed by atoms with Crippen LogP contribution in [0.4, 0.5) is 0 Å². The number of aliphatic hydroxyl groups excluding tert-OH is 1. The van der Waals surface area contributed by atoms with Gasteiger partial charge >= 0.3 is 0 Å². The molecule has 1 aliphatic heterocycles. The van der Waals surface area contributed by atoms with Gasteiger partial charge in [-0.05, 0) is 18.6 Å². The molecule has 2 atom stereocenters. The van der Waals surface area contributed by atoms with Crippen molar-refractivity contribution >= 4 is 6.47 Å². The molecule has 0 amide bonds. The molecule has 0 radical (unpaired) electrons. The fourth-order valence-electron chi connectivity index (χ4n) is 2.31. The van der Waals surface area contributed by atoms with Crippen molar-refractivity contribution in [3.8, 4) is 11.5 Å². The molecule has 0 aromatic carbocycles. The number of rotatable bonds is 2. The van der Waals surface area contributed by atoms with Gasteiger partial charge in [-0.15, -0.1) is 0 Å². The molecule has 0 saturated carbocycles. The summed E-state index contributed by atoms with van der Waals surface area (Å²) in [5.41, 5.74) is 0.821. The van der Waals surface area contributed by atoms with Crippen LogP contribution in [0.5, 0.6) is 0 Å². The molecule has 7 heteroatoms. The van der Waals surface area contributed by atoms with Crippen molar-refractivity contribution in [3.05, 3.63) is 36.8 Å². The van der Waals surface area contributed by atoms with E-state index in [2.05, 4.69) is 9.97 Å². The van der Waals surface area contributed by atoms with Crippen LogP contribution in [0.25, 0.3) is 11.5 Å². The van der Waals surface area contributed by atoms with Gasteiger partial charge in [0, 0.05) is 25.2 Å². The van der Waals surface area contributed by atoms with Gasteiger partial charge in [-0.1, -0.05) is 6.07 Å². The normalized spacial score (nSPS) is 21.2. The number of carbonyl (C=O) groups is 1. The lowest BCUT2D eigenvalue weighted by Gasteiger charge is -2.29. The quantitative estimate of drug-likeness (QED) is 0.800. The van der Waals surface area contributed by atoms with E-state index in [1.54, 1.807) is 12.4 Å². The first-order valence-corrected chi connectivity index (χ1v) is 6.55. The Hall–Kier alpha value is -2.25. The first-order valence-electron chi connectivity index (χ1n) is 6.55. The summed E-state index contributed by atoms with van der Waals surface area (Å²) in [6, 6.07) is 5.74. The third kappa shape index (κ3) is 3.65. The van der Waals surface area contributed by atoms with Crippen molar-refractivity contribution in [2.24, 2.45) is 0 Å². The largest absolute Gasteiger partial charge is 0.483 e. The molecule has 3 rings (SSSR count). The summed E-state index contributed by atoms with van der Waals surface area (Å²) >= 11 is 0. The number of hydrogen-bond donors (Lipinski definition) is 2. The second-order valence-corrected chi connectivity index (χ2v) is 4.48. The minimum Gasteiger partial charge on any atom is -0.483 e. The Labute approximate surface area is 121 Å². The summed E-state index contributed by atoms with van der Waals surface area (Å²) in [5.74, 6) is 0.793. The highest BCUT2D eigenvalue weighted by Gasteiger charge is 2.27. The van der Waals surface area contributed by atoms with Crippen LogP contribution in [0, 0.1) is 0 Å². The van der Waals surface area contributed by atoms with Crippen molar-refractivity contribution in [1.82, 2.24) is 14.5 Å². The van der Waals surface area contributed by atoms with Crippen LogP contribution in [0.1, 0.15) is 12.5 Å². The van der Waals surface area contributed by atoms with E-state index >= 15 is 0 Å². The average Bonchev–Trinajstić information content (AvgIpc) is 2.99. The molecule has 0 bridgehead atoms. The smallest absolute Gasteiger partial charge is 0.290 e. The van der Waals surface area contributed by atoms with E-state index in [-0.39, 0.29) is 12.5 Å². The average molecular weight is 291 g/mol. The fourth-order valence-corrected chi connectivity index (χ4v) is 2.31. The monoisotopic (exact) mass is 291 g/mol. The fraction of sp³-hybridized carbons (Fsp3) is 0.357. The summed E-state index contributed by atoms with van der Waals surface area (Å²) < 4.78 is 7.25. The highest BCUT2D eigenvalue weighted by atomic mass is 16.5. The number of carboxylic acid groups (broad SMARTS) is 1. The van der Waals surface area contributed by atoms with Crippen LogP contribution in [0.3, 0.4) is 0 Å². The van der Waals surface area contributed by atoms with Gasteiger partial charge in [0.15, 0.2) is 5.82 Å². The molecule has 0 unspecified atom stereocenters. The molecule has 2 N–H and O–H groups in total. The number of nitrogens with zero attached hydrogens (tertiary/aromatic N) is 3. The van der Waals surface area contributed by atoms with E-state index in [0.717, 1.165) is 17.9 Å². The molecule has 1 fully saturated rings. The van der Waals surface area contributed by atoms with E-state index < -0.39 is 6.10 Å². The Balaban J connectivity index is 0.000000497. The van der Waals surface area contributed by atoms with Gasteiger partial charge in [-0.2, -0.15) is 0 Å². The van der Waals surface area contributed by atoms with Gasteiger partial charge in [-0.25, -0.2) is 4.98 Å². The highest BCUT2D eigenvalue weighted by Crippen LogP contribution is 2.26. The van der Waals surface area contributed by atoms with Crippen molar-refractivity contribution in [2.45, 2.75) is 18.6 Å². The summed E-state index contributed by atoms with van der Waals surface area (Å²) in [6.45, 7) is 0.798. The maximum atomic E-state index is 10.0. The Morgan fingerprint density at radius 2 is 2.14 bits per heavy atom. The summed E-state index contributed by atoms with van der Waals surface area (Å²) in [5, 5.41) is 16.9. The number of imidazole rings is 1. The predicted molar refractivity (Wildman–Crippen MR) is 74.6 cm³/mol. The summed E-state index contributed by atoms with van der Waals surface area (Å²) in [7, 11) is 0. The lowest BCUT2D eigenvalue weighted by Crippen LogP contribution is -2.34. The molecule has 112 valence electrons. The third-order valence-electron chi connectivity index (χ3n) is 3.21. The minimum atomic E-state index is -0.490. The van der Waals surface area contributed by atoms with Gasteiger partial charge in [-0.3, -0.25) is 9.78 Å². The van der Waals surface area contributed by atoms with E-state index in [1.807, 2.05) is 29.0 Å². The molecule has 21 heavy (non-hydrogen) atoms. The molecule has 2 aromatic rings. The number of pyridine rings is 1. The molecule has 3 heterocycles. The lowest BCUT2D eigenvalue weighted by molar-refractivity contribution is -0.122. The zero-order valence-corrected chi connectivity index (χ0v) is 11.4. The number of hydrogen-bond acceptors (Lipinski definition) is 5. The zero-order chi connectivity index (χ0) is 15.1. The molecule has 2 aromatic heterocycles. The molecule has 7 nitrogen and oxygen atoms in total. The SMILES string of the molecule is O=CO.O[C@H]1COCC[C@@H]1n1ccnc1-c1ccccn1. The lowest BCUT2D eigenvalue weighted by atomic mass is 10.1. The Morgan fingerprint density at radius 1 is 1.33 bits per heavy atom. The van der Waals surface area contributed by atoms with Crippen molar-refractivity contribution in [1.29, 1.82) is 0 Å². The molecule has 1 aliphatic rings. The molecular weight excluding hydrogens is 274 g/mol. The van der Waals surface area contributed by atoms with Gasteiger partial charge in [0.05, 0.1) is 18.8 Å². The molecular formula is C14H17N3O4. The summed E-state index contributed by atoms with van der Waals surface area (Å²) in [4.78, 5) is 17.0. The van der Waals surface area contributed by atoms with Crippen LogP contribution >= 0.6 is 0 Å². The second kappa shape index (κ2) is 7.51. The zero-order valence-electron chi connectivity index (χ0n) is 11.4. The Kier molecular flexibility index (Phi) is 5.42. The summed E-state index contributed by atoms with van der Waals surface area (Å²) in [6.07, 6.45) is 5.68. The van der Waals surface area contributed by atoms with E-state index in [9.17, 15) is 5.11 Å². The Bertz CT molecular complexity index is 558. The molecule has 0 aliphatic carbocycles. The van der Waals surface area contributed by atoms with Crippen molar-refractivity contribution in [2.75, 3.05) is 13.2 Å². The van der Waals surface area contributed by atoms with E-state index in [4.69, 9.17) is 14.6 Å². The number of aliphatic hydroxyl groups is 1. The standard InChI is InChI=1S/C13H15N3O2.CH2O2/c17-12-9-18-8-4-11(12)16-7-6-15-13(16)10-3-1-2-5-14-10;2-1-3/h1-3,5-7,11-12,17H,4,8-9H2;1H,(H,2,3)/t11-,12-;/m0./s1. The second-order valence-electron chi connectivity index (χ2n) is 4.48. The number of aromatic nitrogens is 3. The van der Waals surface area contributed by atoms with E-state index in [1.165, 1.54) is 0 Å². The minimum absolute atomic E-state index is 0.0123. The van der Waals surface area contributed by atoms with Crippen LogP contribution in [-0.4, -0.2) is 50.5 Å². The maximum Gasteiger partial charge on any atom is 0.290 e.